The molecule has 156 valence electrons. The number of hydrogen-bond acceptors (Lipinski definition) is 6. The van der Waals surface area contributed by atoms with Gasteiger partial charge in [0, 0.05) is 43.8 Å². The quantitative estimate of drug-likeness (QED) is 0.417. The maximum atomic E-state index is 13.6. The van der Waals surface area contributed by atoms with Crippen molar-refractivity contribution in [1.29, 1.82) is 0 Å². The molecule has 0 atom stereocenters. The van der Waals surface area contributed by atoms with E-state index in [2.05, 4.69) is 9.97 Å². The third kappa shape index (κ3) is 4.32. The molecule has 7 nitrogen and oxygen atoms in total. The van der Waals surface area contributed by atoms with Crippen LogP contribution >= 0.6 is 0 Å². The molecule has 0 bridgehead atoms. The van der Waals surface area contributed by atoms with Crippen molar-refractivity contribution < 1.29 is 18.1 Å². The van der Waals surface area contributed by atoms with E-state index in [1.165, 1.54) is 36.2 Å². The number of aryl methyl sites for hydroxylation is 1. The van der Waals surface area contributed by atoms with Crippen LogP contribution in [0.1, 0.15) is 11.1 Å². The second-order valence-electron chi connectivity index (χ2n) is 6.63. The smallest absolute Gasteiger partial charge is 0.329 e. The lowest BCUT2D eigenvalue weighted by Gasteiger charge is -2.25. The third-order valence-corrected chi connectivity index (χ3v) is 4.55. The number of anilines is 4. The third-order valence-electron chi connectivity index (χ3n) is 4.55. The minimum Gasteiger partial charge on any atom is -0.329 e. The lowest BCUT2D eigenvalue weighted by Crippen LogP contribution is -2.21. The van der Waals surface area contributed by atoms with Gasteiger partial charge >= 0.3 is 6.18 Å². The summed E-state index contributed by atoms with van der Waals surface area (Å²) in [4.78, 5) is 21.1. The van der Waals surface area contributed by atoms with Gasteiger partial charge in [-0.05, 0) is 31.2 Å². The molecule has 0 N–H and O–H groups in total. The van der Waals surface area contributed by atoms with Crippen molar-refractivity contribution in [2.75, 3.05) is 23.9 Å². The molecule has 3 aromatic rings. The summed E-state index contributed by atoms with van der Waals surface area (Å²) in [6, 6.07) is 12.6. The number of rotatable bonds is 5. The van der Waals surface area contributed by atoms with Crippen molar-refractivity contribution in [3.63, 3.8) is 0 Å². The Morgan fingerprint density at radius 1 is 0.933 bits per heavy atom. The summed E-state index contributed by atoms with van der Waals surface area (Å²) in [6.45, 7) is 1.93. The summed E-state index contributed by atoms with van der Waals surface area (Å²) >= 11 is 0. The van der Waals surface area contributed by atoms with Crippen molar-refractivity contribution in [3.8, 4) is 0 Å². The van der Waals surface area contributed by atoms with Crippen LogP contribution in [0.3, 0.4) is 0 Å². The minimum atomic E-state index is -4.68. The van der Waals surface area contributed by atoms with Crippen LogP contribution in [0, 0.1) is 17.0 Å². The van der Waals surface area contributed by atoms with Gasteiger partial charge in [-0.15, -0.1) is 0 Å². The molecule has 0 aliphatic heterocycles. The van der Waals surface area contributed by atoms with Gasteiger partial charge in [0.15, 0.2) is 5.82 Å². The van der Waals surface area contributed by atoms with E-state index < -0.39 is 16.7 Å². The molecule has 0 saturated heterocycles. The van der Waals surface area contributed by atoms with Crippen molar-refractivity contribution in [2.45, 2.75) is 13.1 Å². The summed E-state index contributed by atoms with van der Waals surface area (Å²) in [5.74, 6) is -0.282. The average molecular weight is 417 g/mol. The van der Waals surface area contributed by atoms with Crippen molar-refractivity contribution in [2.24, 2.45) is 0 Å². The second-order valence-corrected chi connectivity index (χ2v) is 6.63. The molecule has 1 heterocycles. The molecule has 10 heteroatoms. The molecule has 0 amide bonds. The Morgan fingerprint density at radius 2 is 1.47 bits per heavy atom. The molecule has 30 heavy (non-hydrogen) atoms. The Balaban J connectivity index is 2.05. The van der Waals surface area contributed by atoms with E-state index >= 15 is 0 Å². The molecular formula is C20H18F3N5O2. The molecule has 1 aromatic heterocycles. The standard InChI is InChI=1S/C20H18F3N5O2/c1-13-4-6-15(7-5-13)27(3)19-24-12-17(20(21,22)23)18(25-19)26(2)14-8-10-16(11-9-14)28(29)30/h4-12H,1-3H3. The lowest BCUT2D eigenvalue weighted by atomic mass is 10.2. The predicted octanol–water partition coefficient (Wildman–Crippen LogP) is 5.25. The van der Waals surface area contributed by atoms with Crippen LogP contribution in [-0.2, 0) is 6.18 Å². The van der Waals surface area contributed by atoms with Crippen LogP contribution in [0.15, 0.2) is 54.7 Å². The van der Waals surface area contributed by atoms with E-state index in [0.717, 1.165) is 11.8 Å². The van der Waals surface area contributed by atoms with Gasteiger partial charge in [-0.1, -0.05) is 17.7 Å². The highest BCUT2D eigenvalue weighted by Crippen LogP contribution is 2.38. The Hall–Kier alpha value is -3.69. The Kier molecular flexibility index (Phi) is 5.59. The SMILES string of the molecule is Cc1ccc(N(C)c2ncc(C(F)(F)F)c(N(C)c3ccc([N+](=O)[O-])cc3)n2)cc1. The first-order valence-corrected chi connectivity index (χ1v) is 8.80. The first kappa shape index (κ1) is 21.0. The summed E-state index contributed by atoms with van der Waals surface area (Å²) in [7, 11) is 3.07. The molecular weight excluding hydrogens is 399 g/mol. The number of alkyl halides is 3. The molecule has 0 spiro atoms. The fourth-order valence-corrected chi connectivity index (χ4v) is 2.79. The number of nitro groups is 1. The zero-order chi connectivity index (χ0) is 22.1. The van der Waals surface area contributed by atoms with Gasteiger partial charge in [-0.2, -0.15) is 18.2 Å². The highest BCUT2D eigenvalue weighted by molar-refractivity contribution is 5.66. The van der Waals surface area contributed by atoms with Gasteiger partial charge in [0.25, 0.3) is 5.69 Å². The Labute approximate surface area is 170 Å². The van der Waals surface area contributed by atoms with Gasteiger partial charge < -0.3 is 9.80 Å². The van der Waals surface area contributed by atoms with Crippen LogP contribution in [-0.4, -0.2) is 29.0 Å². The van der Waals surface area contributed by atoms with Gasteiger partial charge in [-0.25, -0.2) is 4.98 Å². The number of halogens is 3. The largest absolute Gasteiger partial charge is 0.421 e. The number of aromatic nitrogens is 2. The summed E-state index contributed by atoms with van der Waals surface area (Å²) in [5, 5.41) is 10.8. The molecule has 2 aromatic carbocycles. The van der Waals surface area contributed by atoms with E-state index in [1.54, 1.807) is 11.9 Å². The fourth-order valence-electron chi connectivity index (χ4n) is 2.79. The summed E-state index contributed by atoms with van der Waals surface area (Å²) in [6.07, 6.45) is -3.93. The van der Waals surface area contributed by atoms with Crippen LogP contribution in [0.4, 0.5) is 42.0 Å². The zero-order valence-corrected chi connectivity index (χ0v) is 16.4. The van der Waals surface area contributed by atoms with Crippen LogP contribution < -0.4 is 9.80 Å². The van der Waals surface area contributed by atoms with Crippen LogP contribution in [0.2, 0.25) is 0 Å². The van der Waals surface area contributed by atoms with E-state index in [9.17, 15) is 23.3 Å². The molecule has 0 aliphatic rings. The van der Waals surface area contributed by atoms with E-state index in [0.29, 0.717) is 11.4 Å². The molecule has 0 saturated carbocycles. The Bertz CT molecular complexity index is 1050. The monoisotopic (exact) mass is 417 g/mol. The minimum absolute atomic E-state index is 0.0793. The molecule has 0 radical (unpaired) electrons. The maximum absolute atomic E-state index is 13.6. The highest BCUT2D eigenvalue weighted by Gasteiger charge is 2.37. The number of hydrogen-bond donors (Lipinski definition) is 0. The van der Waals surface area contributed by atoms with Crippen LogP contribution in [0.25, 0.3) is 0 Å². The first-order chi connectivity index (χ1) is 14.1. The number of nitrogens with zero attached hydrogens (tertiary/aromatic N) is 5. The van der Waals surface area contributed by atoms with Gasteiger partial charge in [0.05, 0.1) is 4.92 Å². The number of non-ortho nitro benzene ring substituents is 1. The van der Waals surface area contributed by atoms with Gasteiger partial charge in [0.2, 0.25) is 5.95 Å². The van der Waals surface area contributed by atoms with Crippen molar-refractivity contribution in [3.05, 3.63) is 76.0 Å². The van der Waals surface area contributed by atoms with Crippen molar-refractivity contribution >= 4 is 28.8 Å². The average Bonchev–Trinajstić information content (AvgIpc) is 2.72. The zero-order valence-electron chi connectivity index (χ0n) is 16.4. The normalized spacial score (nSPS) is 11.3. The topological polar surface area (TPSA) is 75.4 Å². The number of benzene rings is 2. The van der Waals surface area contributed by atoms with Gasteiger partial charge in [-0.3, -0.25) is 10.1 Å². The maximum Gasteiger partial charge on any atom is 0.421 e. The van der Waals surface area contributed by atoms with E-state index in [4.69, 9.17) is 0 Å². The second kappa shape index (κ2) is 7.97. The Morgan fingerprint density at radius 3 is 2.00 bits per heavy atom. The van der Waals surface area contributed by atoms with Gasteiger partial charge in [0.1, 0.15) is 5.56 Å². The highest BCUT2D eigenvalue weighted by atomic mass is 19.4. The summed E-state index contributed by atoms with van der Waals surface area (Å²) in [5.41, 5.74) is 0.896. The molecule has 0 aliphatic carbocycles. The van der Waals surface area contributed by atoms with Crippen molar-refractivity contribution in [1.82, 2.24) is 9.97 Å². The lowest BCUT2D eigenvalue weighted by molar-refractivity contribution is -0.384. The number of nitro benzene ring substituents is 1. The molecule has 0 unspecified atom stereocenters. The van der Waals surface area contributed by atoms with E-state index in [1.807, 2.05) is 31.2 Å². The predicted molar refractivity (Wildman–Crippen MR) is 107 cm³/mol. The van der Waals surface area contributed by atoms with E-state index in [-0.39, 0.29) is 17.5 Å². The molecule has 0 fully saturated rings. The first-order valence-electron chi connectivity index (χ1n) is 8.80. The fraction of sp³-hybridized carbons (Fsp3) is 0.200. The molecule has 3 rings (SSSR count). The summed E-state index contributed by atoms with van der Waals surface area (Å²) < 4.78 is 40.8. The van der Waals surface area contributed by atoms with Crippen LogP contribution in [0.5, 0.6) is 0 Å².